The molecule has 0 aliphatic carbocycles. The molecule has 25 heavy (non-hydrogen) atoms. The van der Waals surface area contributed by atoms with E-state index in [1.165, 1.54) is 11.3 Å². The smallest absolute Gasteiger partial charge is 0.238 e. The van der Waals surface area contributed by atoms with Gasteiger partial charge in [0.05, 0.1) is 12.1 Å². The maximum atomic E-state index is 12.3. The first-order valence-electron chi connectivity index (χ1n) is 9.16. The van der Waals surface area contributed by atoms with Crippen molar-refractivity contribution in [3.05, 3.63) is 29.8 Å². The first-order chi connectivity index (χ1) is 12.2. The van der Waals surface area contributed by atoms with Crippen LogP contribution in [-0.2, 0) is 4.79 Å². The molecule has 1 amide bonds. The molecule has 2 saturated heterocycles. The lowest BCUT2D eigenvalue weighted by molar-refractivity contribution is -0.125. The van der Waals surface area contributed by atoms with Crippen LogP contribution in [-0.4, -0.2) is 56.1 Å². The normalized spacial score (nSPS) is 22.4. The van der Waals surface area contributed by atoms with Gasteiger partial charge in [0.25, 0.3) is 0 Å². The monoisotopic (exact) mass is 341 g/mol. The Balaban J connectivity index is 1.66. The van der Waals surface area contributed by atoms with Crippen molar-refractivity contribution < 1.29 is 4.79 Å². The summed E-state index contributed by atoms with van der Waals surface area (Å²) in [5.41, 5.74) is 2.50. The van der Waals surface area contributed by atoms with E-state index in [2.05, 4.69) is 51.6 Å². The van der Waals surface area contributed by atoms with Gasteiger partial charge in [-0.1, -0.05) is 12.1 Å². The SMILES string of the molecule is C[C@@H](c1ccc(N2CCNCC2)cc1)N1CCC[C@H]1C(=O)NCC#N. The molecule has 0 radical (unpaired) electrons. The third-order valence-corrected chi connectivity index (χ3v) is 5.29. The summed E-state index contributed by atoms with van der Waals surface area (Å²) >= 11 is 0. The number of hydrogen-bond acceptors (Lipinski definition) is 5. The molecule has 0 unspecified atom stereocenters. The number of nitrogens with zero attached hydrogens (tertiary/aromatic N) is 3. The average molecular weight is 341 g/mol. The number of nitriles is 1. The van der Waals surface area contributed by atoms with Crippen molar-refractivity contribution in [1.82, 2.24) is 15.5 Å². The summed E-state index contributed by atoms with van der Waals surface area (Å²) in [6.45, 7) is 7.32. The van der Waals surface area contributed by atoms with E-state index in [-0.39, 0.29) is 24.5 Å². The van der Waals surface area contributed by atoms with Crippen LogP contribution in [0.15, 0.2) is 24.3 Å². The van der Waals surface area contributed by atoms with Gasteiger partial charge in [0, 0.05) is 37.9 Å². The number of nitrogens with one attached hydrogen (secondary N) is 2. The predicted molar refractivity (Wildman–Crippen MR) is 98.3 cm³/mol. The number of amides is 1. The van der Waals surface area contributed by atoms with Crippen molar-refractivity contribution in [3.8, 4) is 6.07 Å². The van der Waals surface area contributed by atoms with Gasteiger partial charge in [0.15, 0.2) is 0 Å². The molecule has 6 heteroatoms. The van der Waals surface area contributed by atoms with Crippen molar-refractivity contribution in [2.75, 3.05) is 44.2 Å². The minimum atomic E-state index is -0.129. The highest BCUT2D eigenvalue weighted by molar-refractivity contribution is 5.82. The fourth-order valence-corrected chi connectivity index (χ4v) is 3.86. The van der Waals surface area contributed by atoms with Gasteiger partial charge in [-0.2, -0.15) is 5.26 Å². The number of anilines is 1. The topological polar surface area (TPSA) is 71.4 Å². The van der Waals surface area contributed by atoms with E-state index < -0.39 is 0 Å². The molecule has 0 aromatic heterocycles. The van der Waals surface area contributed by atoms with Crippen LogP contribution in [0.2, 0.25) is 0 Å². The van der Waals surface area contributed by atoms with Crippen LogP contribution < -0.4 is 15.5 Å². The lowest BCUT2D eigenvalue weighted by atomic mass is 10.0. The largest absolute Gasteiger partial charge is 0.369 e. The van der Waals surface area contributed by atoms with Gasteiger partial charge in [-0.3, -0.25) is 9.69 Å². The van der Waals surface area contributed by atoms with E-state index in [1.807, 2.05) is 6.07 Å². The Kier molecular flexibility index (Phi) is 5.90. The molecule has 2 heterocycles. The first kappa shape index (κ1) is 17.7. The van der Waals surface area contributed by atoms with Crippen LogP contribution in [0.4, 0.5) is 5.69 Å². The van der Waals surface area contributed by atoms with Crippen molar-refractivity contribution in [3.63, 3.8) is 0 Å². The predicted octanol–water partition coefficient (Wildman–Crippen LogP) is 1.26. The second-order valence-electron chi connectivity index (χ2n) is 6.78. The molecule has 2 aliphatic rings. The average Bonchev–Trinajstić information content (AvgIpc) is 3.16. The second-order valence-corrected chi connectivity index (χ2v) is 6.78. The first-order valence-corrected chi connectivity index (χ1v) is 9.16. The molecule has 1 aromatic rings. The Labute approximate surface area is 149 Å². The molecule has 2 atom stereocenters. The number of carbonyl (C=O) groups excluding carboxylic acids is 1. The summed E-state index contributed by atoms with van der Waals surface area (Å²) in [4.78, 5) is 17.0. The zero-order chi connectivity index (χ0) is 17.6. The molecule has 2 fully saturated rings. The van der Waals surface area contributed by atoms with Gasteiger partial charge >= 0.3 is 0 Å². The highest BCUT2D eigenvalue weighted by atomic mass is 16.2. The Morgan fingerprint density at radius 3 is 2.72 bits per heavy atom. The molecule has 2 aliphatic heterocycles. The molecule has 2 N–H and O–H groups in total. The molecular weight excluding hydrogens is 314 g/mol. The van der Waals surface area contributed by atoms with Gasteiger partial charge < -0.3 is 15.5 Å². The number of carbonyl (C=O) groups is 1. The number of hydrogen-bond donors (Lipinski definition) is 2. The summed E-state index contributed by atoms with van der Waals surface area (Å²) in [6.07, 6.45) is 1.88. The van der Waals surface area contributed by atoms with Gasteiger partial charge in [-0.05, 0) is 44.0 Å². The van der Waals surface area contributed by atoms with E-state index in [0.29, 0.717) is 0 Å². The summed E-state index contributed by atoms with van der Waals surface area (Å²) < 4.78 is 0. The molecule has 1 aromatic carbocycles. The second kappa shape index (κ2) is 8.32. The molecule has 0 bridgehead atoms. The van der Waals surface area contributed by atoms with Crippen molar-refractivity contribution in [2.24, 2.45) is 0 Å². The highest BCUT2D eigenvalue weighted by Gasteiger charge is 2.34. The van der Waals surface area contributed by atoms with E-state index >= 15 is 0 Å². The quantitative estimate of drug-likeness (QED) is 0.789. The van der Waals surface area contributed by atoms with E-state index in [9.17, 15) is 4.79 Å². The molecule has 0 saturated carbocycles. The third kappa shape index (κ3) is 4.12. The summed E-state index contributed by atoms with van der Waals surface area (Å²) in [5.74, 6) is -0.0247. The summed E-state index contributed by atoms with van der Waals surface area (Å²) in [6, 6.07) is 10.8. The van der Waals surface area contributed by atoms with E-state index in [0.717, 1.165) is 45.6 Å². The minimum Gasteiger partial charge on any atom is -0.369 e. The standard InChI is InChI=1S/C19H27N5O/c1-15(24-12-2-3-18(24)19(25)22-9-8-20)16-4-6-17(7-5-16)23-13-10-21-11-14-23/h4-7,15,18,21H,2-3,9-14H2,1H3,(H,22,25)/t15-,18-/m0/s1. The van der Waals surface area contributed by atoms with Crippen molar-refractivity contribution in [2.45, 2.75) is 31.8 Å². The fourth-order valence-electron chi connectivity index (χ4n) is 3.86. The zero-order valence-corrected chi connectivity index (χ0v) is 14.9. The molecule has 6 nitrogen and oxygen atoms in total. The van der Waals surface area contributed by atoms with Crippen LogP contribution in [0, 0.1) is 11.3 Å². The number of likely N-dealkylation sites (tertiary alicyclic amines) is 1. The van der Waals surface area contributed by atoms with Crippen LogP contribution >= 0.6 is 0 Å². The van der Waals surface area contributed by atoms with Crippen molar-refractivity contribution in [1.29, 1.82) is 5.26 Å². The van der Waals surface area contributed by atoms with Crippen LogP contribution in [0.5, 0.6) is 0 Å². The summed E-state index contributed by atoms with van der Waals surface area (Å²) in [5, 5.41) is 14.7. The van der Waals surface area contributed by atoms with Gasteiger partial charge in [0.1, 0.15) is 6.54 Å². The van der Waals surface area contributed by atoms with Gasteiger partial charge in [-0.15, -0.1) is 0 Å². The van der Waals surface area contributed by atoms with Gasteiger partial charge in [-0.25, -0.2) is 0 Å². The Bertz CT molecular complexity index is 618. The van der Waals surface area contributed by atoms with E-state index in [1.54, 1.807) is 0 Å². The highest BCUT2D eigenvalue weighted by Crippen LogP contribution is 2.30. The molecule has 0 spiro atoms. The molecule has 3 rings (SSSR count). The Morgan fingerprint density at radius 2 is 2.04 bits per heavy atom. The van der Waals surface area contributed by atoms with Crippen molar-refractivity contribution >= 4 is 11.6 Å². The zero-order valence-electron chi connectivity index (χ0n) is 14.9. The lowest BCUT2D eigenvalue weighted by Gasteiger charge is -2.31. The number of piperazine rings is 1. The fraction of sp³-hybridized carbons (Fsp3) is 0.579. The maximum absolute atomic E-state index is 12.3. The maximum Gasteiger partial charge on any atom is 0.238 e. The Hall–Kier alpha value is -2.10. The number of benzene rings is 1. The third-order valence-electron chi connectivity index (χ3n) is 5.29. The van der Waals surface area contributed by atoms with Crippen LogP contribution in [0.3, 0.4) is 0 Å². The molecule has 134 valence electrons. The Morgan fingerprint density at radius 1 is 1.32 bits per heavy atom. The number of rotatable bonds is 5. The van der Waals surface area contributed by atoms with Crippen LogP contribution in [0.1, 0.15) is 31.4 Å². The minimum absolute atomic E-state index is 0.0247. The van der Waals surface area contributed by atoms with Gasteiger partial charge in [0.2, 0.25) is 5.91 Å². The lowest BCUT2D eigenvalue weighted by Crippen LogP contribution is -2.44. The summed E-state index contributed by atoms with van der Waals surface area (Å²) in [7, 11) is 0. The molecular formula is C19H27N5O. The van der Waals surface area contributed by atoms with Crippen LogP contribution in [0.25, 0.3) is 0 Å². The van der Waals surface area contributed by atoms with E-state index in [4.69, 9.17) is 5.26 Å².